The summed E-state index contributed by atoms with van der Waals surface area (Å²) in [7, 11) is 0. The zero-order chi connectivity index (χ0) is 19.7. The molecule has 0 unspecified atom stereocenters. The van der Waals surface area contributed by atoms with Gasteiger partial charge in [0.25, 0.3) is 5.91 Å². The highest BCUT2D eigenvalue weighted by atomic mass is 16.3. The van der Waals surface area contributed by atoms with Crippen molar-refractivity contribution in [1.82, 2.24) is 5.32 Å². The number of hydrogen-bond donors (Lipinski definition) is 3. The van der Waals surface area contributed by atoms with Gasteiger partial charge in [0.05, 0.1) is 0 Å². The summed E-state index contributed by atoms with van der Waals surface area (Å²) in [6, 6.07) is 23.2. The molecule has 2 atom stereocenters. The van der Waals surface area contributed by atoms with Crippen LogP contribution in [0.3, 0.4) is 0 Å². The Morgan fingerprint density at radius 1 is 0.821 bits per heavy atom. The number of primary amides is 1. The number of aliphatic hydroxyl groups is 1. The molecule has 1 aliphatic carbocycles. The van der Waals surface area contributed by atoms with Gasteiger partial charge in [-0.15, -0.1) is 0 Å². The summed E-state index contributed by atoms with van der Waals surface area (Å²) in [6.45, 7) is 0. The van der Waals surface area contributed by atoms with Gasteiger partial charge in [-0.3, -0.25) is 9.59 Å². The van der Waals surface area contributed by atoms with E-state index in [1.807, 2.05) is 48.5 Å². The number of fused-ring (bicyclic) bond motifs is 3. The van der Waals surface area contributed by atoms with Gasteiger partial charge >= 0.3 is 0 Å². The Kier molecular flexibility index (Phi) is 4.67. The highest BCUT2D eigenvalue weighted by Crippen LogP contribution is 2.46. The average molecular weight is 372 g/mol. The van der Waals surface area contributed by atoms with Crippen molar-refractivity contribution in [2.45, 2.75) is 18.1 Å². The van der Waals surface area contributed by atoms with Gasteiger partial charge in [-0.05, 0) is 27.8 Å². The molecule has 5 nitrogen and oxygen atoms in total. The molecule has 0 fully saturated rings. The number of benzene rings is 3. The van der Waals surface area contributed by atoms with Gasteiger partial charge in [0.15, 0.2) is 6.10 Å². The molecule has 2 amide bonds. The minimum atomic E-state index is -1.38. The predicted octanol–water partition coefficient (Wildman–Crippen LogP) is 2.50. The van der Waals surface area contributed by atoms with Crippen LogP contribution in [0.1, 0.15) is 28.7 Å². The van der Waals surface area contributed by atoms with Gasteiger partial charge in [-0.1, -0.05) is 78.9 Å². The molecule has 140 valence electrons. The summed E-state index contributed by atoms with van der Waals surface area (Å²) in [5, 5.41) is 13.1. The van der Waals surface area contributed by atoms with Crippen molar-refractivity contribution in [2.24, 2.45) is 5.73 Å². The zero-order valence-corrected chi connectivity index (χ0v) is 15.1. The van der Waals surface area contributed by atoms with Crippen molar-refractivity contribution in [3.63, 3.8) is 0 Å². The van der Waals surface area contributed by atoms with Crippen molar-refractivity contribution >= 4 is 11.8 Å². The molecular formula is C23H20N2O3. The fourth-order valence-electron chi connectivity index (χ4n) is 3.89. The molecule has 0 aromatic heterocycles. The molecule has 0 bridgehead atoms. The SMILES string of the molecule is NC(=O)[C@@H](NC(=O)[C@@H](O)c1ccccc1)C1c2ccccc2-c2ccccc21. The number of hydrogen-bond acceptors (Lipinski definition) is 3. The summed E-state index contributed by atoms with van der Waals surface area (Å²) >= 11 is 0. The molecule has 28 heavy (non-hydrogen) atoms. The van der Waals surface area contributed by atoms with Crippen LogP contribution < -0.4 is 11.1 Å². The van der Waals surface area contributed by atoms with Crippen LogP contribution in [-0.4, -0.2) is 23.0 Å². The van der Waals surface area contributed by atoms with Crippen LogP contribution in [0.25, 0.3) is 11.1 Å². The van der Waals surface area contributed by atoms with Crippen LogP contribution in [0, 0.1) is 0 Å². The molecule has 0 spiro atoms. The van der Waals surface area contributed by atoms with Gasteiger partial charge < -0.3 is 16.2 Å². The van der Waals surface area contributed by atoms with Crippen molar-refractivity contribution < 1.29 is 14.7 Å². The van der Waals surface area contributed by atoms with Gasteiger partial charge in [0.1, 0.15) is 6.04 Å². The molecule has 0 saturated heterocycles. The summed E-state index contributed by atoms with van der Waals surface area (Å²) in [5.74, 6) is -1.71. The maximum Gasteiger partial charge on any atom is 0.254 e. The van der Waals surface area contributed by atoms with E-state index in [4.69, 9.17) is 5.73 Å². The number of rotatable bonds is 5. The molecule has 1 aliphatic rings. The first-order valence-corrected chi connectivity index (χ1v) is 9.09. The monoisotopic (exact) mass is 372 g/mol. The number of amides is 2. The van der Waals surface area contributed by atoms with Gasteiger partial charge in [-0.2, -0.15) is 0 Å². The molecule has 0 aliphatic heterocycles. The van der Waals surface area contributed by atoms with E-state index in [0.29, 0.717) is 5.56 Å². The fraction of sp³-hybridized carbons (Fsp3) is 0.130. The maximum atomic E-state index is 12.7. The summed E-state index contributed by atoms with van der Waals surface area (Å²) in [6.07, 6.45) is -1.38. The van der Waals surface area contributed by atoms with E-state index in [1.165, 1.54) is 0 Å². The smallest absolute Gasteiger partial charge is 0.254 e. The lowest BCUT2D eigenvalue weighted by Gasteiger charge is -2.25. The first-order valence-electron chi connectivity index (χ1n) is 9.09. The molecule has 3 aromatic rings. The van der Waals surface area contributed by atoms with Crippen LogP contribution >= 0.6 is 0 Å². The van der Waals surface area contributed by atoms with Crippen molar-refractivity contribution in [1.29, 1.82) is 0 Å². The topological polar surface area (TPSA) is 92.4 Å². The van der Waals surface area contributed by atoms with E-state index in [9.17, 15) is 14.7 Å². The number of aliphatic hydroxyl groups excluding tert-OH is 1. The van der Waals surface area contributed by atoms with Gasteiger partial charge in [0.2, 0.25) is 5.91 Å². The number of nitrogens with two attached hydrogens (primary N) is 1. The van der Waals surface area contributed by atoms with Crippen molar-refractivity contribution in [2.75, 3.05) is 0 Å². The standard InChI is InChI=1S/C23H20N2O3/c24-22(27)20(25-23(28)21(26)14-8-2-1-3-9-14)19-17-12-6-4-10-15(17)16-11-5-7-13-18(16)19/h1-13,19-21,26H,(H2,24,27)(H,25,28)/t20-,21-/m0/s1. The average Bonchev–Trinajstić information content (AvgIpc) is 3.06. The Bertz CT molecular complexity index is 987. The molecule has 4 rings (SSSR count). The Hall–Kier alpha value is -3.44. The van der Waals surface area contributed by atoms with E-state index >= 15 is 0 Å². The Morgan fingerprint density at radius 2 is 1.32 bits per heavy atom. The Balaban J connectivity index is 1.69. The molecule has 4 N–H and O–H groups in total. The minimum Gasteiger partial charge on any atom is -0.378 e. The van der Waals surface area contributed by atoms with E-state index < -0.39 is 29.9 Å². The van der Waals surface area contributed by atoms with Crippen LogP contribution in [-0.2, 0) is 9.59 Å². The largest absolute Gasteiger partial charge is 0.378 e. The van der Waals surface area contributed by atoms with E-state index in [2.05, 4.69) is 5.32 Å². The van der Waals surface area contributed by atoms with Crippen LogP contribution in [0.4, 0.5) is 0 Å². The van der Waals surface area contributed by atoms with Crippen molar-refractivity contribution in [3.05, 3.63) is 95.6 Å². The number of carbonyl (C=O) groups excluding carboxylic acids is 2. The maximum absolute atomic E-state index is 12.7. The summed E-state index contributed by atoms with van der Waals surface area (Å²) in [4.78, 5) is 25.0. The summed E-state index contributed by atoms with van der Waals surface area (Å²) in [5.41, 5.74) is 10.0. The van der Waals surface area contributed by atoms with Crippen LogP contribution in [0.15, 0.2) is 78.9 Å². The molecule has 0 saturated carbocycles. The van der Waals surface area contributed by atoms with E-state index in [1.54, 1.807) is 30.3 Å². The summed E-state index contributed by atoms with van der Waals surface area (Å²) < 4.78 is 0. The van der Waals surface area contributed by atoms with Crippen LogP contribution in [0.5, 0.6) is 0 Å². The molecule has 5 heteroatoms. The van der Waals surface area contributed by atoms with E-state index in [0.717, 1.165) is 22.3 Å². The lowest BCUT2D eigenvalue weighted by atomic mass is 9.88. The highest BCUT2D eigenvalue weighted by molar-refractivity contribution is 5.92. The highest BCUT2D eigenvalue weighted by Gasteiger charge is 2.38. The number of nitrogens with one attached hydrogen (secondary N) is 1. The molecule has 0 radical (unpaired) electrons. The first-order chi connectivity index (χ1) is 13.6. The van der Waals surface area contributed by atoms with Gasteiger partial charge in [-0.25, -0.2) is 0 Å². The Morgan fingerprint density at radius 3 is 1.86 bits per heavy atom. The predicted molar refractivity (Wildman–Crippen MR) is 106 cm³/mol. The van der Waals surface area contributed by atoms with Gasteiger partial charge in [0, 0.05) is 5.92 Å². The second-order valence-corrected chi connectivity index (χ2v) is 6.85. The molecule has 0 heterocycles. The third-order valence-corrected chi connectivity index (χ3v) is 5.18. The molecule has 3 aromatic carbocycles. The quantitative estimate of drug-likeness (QED) is 0.642. The van der Waals surface area contributed by atoms with Crippen molar-refractivity contribution in [3.8, 4) is 11.1 Å². The third-order valence-electron chi connectivity index (χ3n) is 5.18. The Labute approximate surface area is 162 Å². The third kappa shape index (κ3) is 3.06. The number of carbonyl (C=O) groups is 2. The fourth-order valence-corrected chi connectivity index (χ4v) is 3.89. The lowest BCUT2D eigenvalue weighted by Crippen LogP contribution is -2.49. The van der Waals surface area contributed by atoms with E-state index in [-0.39, 0.29) is 0 Å². The second-order valence-electron chi connectivity index (χ2n) is 6.85. The zero-order valence-electron chi connectivity index (χ0n) is 15.1. The second kappa shape index (κ2) is 7.29. The normalized spacial score (nSPS) is 14.6. The van der Waals surface area contributed by atoms with Crippen LogP contribution in [0.2, 0.25) is 0 Å². The lowest BCUT2D eigenvalue weighted by molar-refractivity contribution is -0.133. The molecular weight excluding hydrogens is 352 g/mol. The minimum absolute atomic E-state index is 0.406. The first kappa shape index (κ1) is 17.9.